The summed E-state index contributed by atoms with van der Waals surface area (Å²) in [5.74, 6) is 0.795. The van der Waals surface area contributed by atoms with Crippen LogP contribution in [0, 0.1) is 5.82 Å². The molecule has 2 N–H and O–H groups in total. The van der Waals surface area contributed by atoms with Gasteiger partial charge in [0.05, 0.1) is 37.8 Å². The molecule has 0 saturated carbocycles. The Morgan fingerprint density at radius 2 is 2.26 bits per heavy atom. The van der Waals surface area contributed by atoms with Gasteiger partial charge in [-0.15, -0.1) is 0 Å². The van der Waals surface area contributed by atoms with E-state index in [1.54, 1.807) is 18.6 Å². The third kappa shape index (κ3) is 2.80. The van der Waals surface area contributed by atoms with Crippen molar-refractivity contribution < 1.29 is 13.9 Å². The fraction of sp³-hybridized carbons (Fsp3) is 0.273. The molecule has 9 heteroatoms. The zero-order valence-corrected chi connectivity index (χ0v) is 16.5. The predicted octanol–water partition coefficient (Wildman–Crippen LogP) is 1.37. The fourth-order valence-electron chi connectivity index (χ4n) is 4.59. The van der Waals surface area contributed by atoms with Gasteiger partial charge in [0.1, 0.15) is 11.6 Å². The number of halogens is 1. The van der Waals surface area contributed by atoms with Crippen molar-refractivity contribution in [3.63, 3.8) is 0 Å². The first-order valence-electron chi connectivity index (χ1n) is 10.2. The Bertz CT molecular complexity index is 1190. The van der Waals surface area contributed by atoms with Gasteiger partial charge in [-0.25, -0.2) is 9.38 Å². The summed E-state index contributed by atoms with van der Waals surface area (Å²) in [6.07, 6.45) is 5.87. The number of ether oxygens (including phenoxy) is 1. The van der Waals surface area contributed by atoms with E-state index < -0.39 is 6.04 Å². The number of hydrogen-bond donors (Lipinski definition) is 2. The molecule has 156 valence electrons. The maximum Gasteiger partial charge on any atom is 0.247 e. The molecule has 8 nitrogen and oxygen atoms in total. The van der Waals surface area contributed by atoms with Crippen molar-refractivity contribution in [1.29, 1.82) is 0 Å². The first-order valence-corrected chi connectivity index (χ1v) is 10.2. The van der Waals surface area contributed by atoms with Crippen LogP contribution in [0.5, 0.6) is 5.75 Å². The normalized spacial score (nSPS) is 24.3. The van der Waals surface area contributed by atoms with Gasteiger partial charge in [-0.2, -0.15) is 0 Å². The highest BCUT2D eigenvalue weighted by molar-refractivity contribution is 6.03. The molecule has 6 rings (SSSR count). The number of rotatable bonds is 2. The number of carbonyl (C=O) groups excluding carboxylic acids is 1. The van der Waals surface area contributed by atoms with Crippen molar-refractivity contribution in [2.75, 3.05) is 6.61 Å². The van der Waals surface area contributed by atoms with Crippen molar-refractivity contribution in [2.45, 2.75) is 31.6 Å². The Hall–Kier alpha value is -3.75. The number of carbonyl (C=O) groups is 1. The summed E-state index contributed by atoms with van der Waals surface area (Å²) in [6, 6.07) is 6.03. The molecule has 4 aliphatic rings. The van der Waals surface area contributed by atoms with Gasteiger partial charge in [0.2, 0.25) is 11.9 Å². The number of hydrogen-bond acceptors (Lipinski definition) is 5. The average Bonchev–Trinajstić information content (AvgIpc) is 3.44. The predicted molar refractivity (Wildman–Crippen MR) is 112 cm³/mol. The van der Waals surface area contributed by atoms with Gasteiger partial charge in [0.25, 0.3) is 0 Å². The molecule has 0 aliphatic carbocycles. The van der Waals surface area contributed by atoms with Crippen LogP contribution in [-0.4, -0.2) is 46.8 Å². The van der Waals surface area contributed by atoms with Crippen LogP contribution >= 0.6 is 0 Å². The van der Waals surface area contributed by atoms with E-state index in [-0.39, 0.29) is 24.3 Å². The van der Waals surface area contributed by atoms with Crippen LogP contribution in [0.15, 0.2) is 46.6 Å². The summed E-state index contributed by atoms with van der Waals surface area (Å²) >= 11 is 0. The molecular weight excluding hydrogens is 399 g/mol. The molecule has 2 atom stereocenters. The number of aromatic nitrogens is 1. The lowest BCUT2D eigenvalue weighted by molar-refractivity contribution is -0.122. The van der Waals surface area contributed by atoms with Crippen molar-refractivity contribution in [1.82, 2.24) is 20.5 Å². The summed E-state index contributed by atoms with van der Waals surface area (Å²) in [4.78, 5) is 28.1. The molecule has 0 fully saturated rings. The molecule has 0 spiro atoms. The fourth-order valence-corrected chi connectivity index (χ4v) is 4.59. The second kappa shape index (κ2) is 6.90. The van der Waals surface area contributed by atoms with Gasteiger partial charge in [0.15, 0.2) is 6.04 Å². The molecular formula is C22H19FN6O2. The van der Waals surface area contributed by atoms with E-state index in [0.717, 1.165) is 28.1 Å². The number of pyridine rings is 1. The Balaban J connectivity index is 1.39. The van der Waals surface area contributed by atoms with Crippen LogP contribution in [0.2, 0.25) is 0 Å². The number of nitrogens with zero attached hydrogens (tertiary/aromatic N) is 4. The Labute approximate surface area is 177 Å². The van der Waals surface area contributed by atoms with Crippen molar-refractivity contribution in [2.24, 2.45) is 9.98 Å². The first-order chi connectivity index (χ1) is 15.2. The van der Waals surface area contributed by atoms with Gasteiger partial charge in [0, 0.05) is 41.1 Å². The molecule has 31 heavy (non-hydrogen) atoms. The van der Waals surface area contributed by atoms with E-state index in [1.165, 1.54) is 6.07 Å². The van der Waals surface area contributed by atoms with E-state index in [4.69, 9.17) is 4.74 Å². The van der Waals surface area contributed by atoms with Crippen molar-refractivity contribution >= 4 is 23.8 Å². The van der Waals surface area contributed by atoms with E-state index >= 15 is 0 Å². The maximum absolute atomic E-state index is 14.5. The van der Waals surface area contributed by atoms with Gasteiger partial charge in [-0.1, -0.05) is 6.07 Å². The summed E-state index contributed by atoms with van der Waals surface area (Å²) in [7, 11) is 0. The van der Waals surface area contributed by atoms with Crippen LogP contribution in [-0.2, 0) is 24.3 Å². The topological polar surface area (TPSA) is 91.2 Å². The van der Waals surface area contributed by atoms with Crippen LogP contribution in [0.3, 0.4) is 0 Å². The Morgan fingerprint density at radius 3 is 3.19 bits per heavy atom. The average molecular weight is 418 g/mol. The third-order valence-electron chi connectivity index (χ3n) is 6.10. The molecule has 0 radical (unpaired) electrons. The number of amides is 1. The zero-order chi connectivity index (χ0) is 20.9. The van der Waals surface area contributed by atoms with Crippen molar-refractivity contribution in [3.05, 3.63) is 64.9 Å². The minimum Gasteiger partial charge on any atom is -0.493 e. The SMILES string of the molecule is O=C1NCc2ncccc2C2=CNC(=NCc3c(F)ccc4c3CCO4)N3C=NC1C23. The summed E-state index contributed by atoms with van der Waals surface area (Å²) < 4.78 is 20.1. The second-order valence-electron chi connectivity index (χ2n) is 7.76. The molecule has 2 aromatic rings. The highest BCUT2D eigenvalue weighted by Crippen LogP contribution is 2.34. The van der Waals surface area contributed by atoms with Crippen LogP contribution in [0.4, 0.5) is 4.39 Å². The lowest BCUT2D eigenvalue weighted by Gasteiger charge is -2.36. The van der Waals surface area contributed by atoms with Crippen LogP contribution in [0.1, 0.15) is 22.4 Å². The van der Waals surface area contributed by atoms with E-state index in [0.29, 0.717) is 31.1 Å². The summed E-state index contributed by atoms with van der Waals surface area (Å²) in [6.45, 7) is 1.07. The second-order valence-corrected chi connectivity index (χ2v) is 7.76. The minimum absolute atomic E-state index is 0.156. The molecule has 4 aliphatic heterocycles. The maximum atomic E-state index is 14.5. The summed E-state index contributed by atoms with van der Waals surface area (Å²) in [5, 5.41) is 6.13. The van der Waals surface area contributed by atoms with Crippen molar-refractivity contribution in [3.8, 4) is 5.75 Å². The third-order valence-corrected chi connectivity index (χ3v) is 6.10. The van der Waals surface area contributed by atoms with E-state index in [9.17, 15) is 9.18 Å². The van der Waals surface area contributed by atoms with Gasteiger partial charge >= 0.3 is 0 Å². The smallest absolute Gasteiger partial charge is 0.247 e. The number of guanidine groups is 1. The van der Waals surface area contributed by atoms with Crippen LogP contribution in [0.25, 0.3) is 5.57 Å². The minimum atomic E-state index is -0.585. The van der Waals surface area contributed by atoms with Gasteiger partial charge in [-0.3, -0.25) is 19.7 Å². The number of nitrogens with one attached hydrogen (secondary N) is 2. The molecule has 1 aromatic heterocycles. The lowest BCUT2D eigenvalue weighted by atomic mass is 9.90. The molecule has 0 bridgehead atoms. The number of benzene rings is 1. The van der Waals surface area contributed by atoms with Gasteiger partial charge in [-0.05, 0) is 18.2 Å². The molecule has 2 unspecified atom stereocenters. The largest absolute Gasteiger partial charge is 0.493 e. The molecule has 5 heterocycles. The number of fused-ring (bicyclic) bond motifs is 3. The Morgan fingerprint density at radius 1 is 1.32 bits per heavy atom. The van der Waals surface area contributed by atoms with E-state index in [1.807, 2.05) is 23.2 Å². The standard InChI is InChI=1S/C22H19FN6O2/c23-16-3-4-18-13(5-7-31-18)14(16)8-26-22-27-9-15-12-2-1-6-24-17(12)10-25-21(30)19-20(15)29(22)11-28-19/h1-4,6,9,11,19-20H,5,7-8,10H2,(H,25,30)(H,26,27). The zero-order valence-electron chi connectivity index (χ0n) is 16.5. The first kappa shape index (κ1) is 18.1. The summed E-state index contributed by atoms with van der Waals surface area (Å²) in [5.41, 5.74) is 4.10. The molecule has 1 aromatic carbocycles. The Kier molecular flexibility index (Phi) is 4.02. The number of aliphatic imine (C=N–C) groups is 2. The molecule has 1 amide bonds. The molecule has 0 saturated heterocycles. The quantitative estimate of drug-likeness (QED) is 0.769. The highest BCUT2D eigenvalue weighted by atomic mass is 19.1. The van der Waals surface area contributed by atoms with Crippen LogP contribution < -0.4 is 15.4 Å². The lowest BCUT2D eigenvalue weighted by Crippen LogP contribution is -2.54. The van der Waals surface area contributed by atoms with E-state index in [2.05, 4.69) is 25.6 Å². The van der Waals surface area contributed by atoms with Gasteiger partial charge < -0.3 is 15.4 Å². The monoisotopic (exact) mass is 418 g/mol. The highest BCUT2D eigenvalue weighted by Gasteiger charge is 2.44.